The predicted molar refractivity (Wildman–Crippen MR) is 97.8 cm³/mol. The van der Waals surface area contributed by atoms with Crippen LogP contribution in [0.1, 0.15) is 46.1 Å². The SMILES string of the molecule is CCC(C)N1CC(NC(=O)OCc2ccccc2)CC(C(C)C)C1. The summed E-state index contributed by atoms with van der Waals surface area (Å²) in [5.41, 5.74) is 1.01. The third-order valence-electron chi connectivity index (χ3n) is 5.20. The van der Waals surface area contributed by atoms with Gasteiger partial charge in [-0.05, 0) is 37.2 Å². The normalized spacial score (nSPS) is 23.0. The maximum Gasteiger partial charge on any atom is 0.407 e. The lowest BCUT2D eigenvalue weighted by Crippen LogP contribution is -2.54. The number of likely N-dealkylation sites (tertiary alicyclic amines) is 1. The molecular weight excluding hydrogens is 300 g/mol. The van der Waals surface area contributed by atoms with Gasteiger partial charge in [-0.2, -0.15) is 0 Å². The van der Waals surface area contributed by atoms with Gasteiger partial charge < -0.3 is 10.1 Å². The van der Waals surface area contributed by atoms with E-state index in [0.29, 0.717) is 24.5 Å². The van der Waals surface area contributed by atoms with Gasteiger partial charge >= 0.3 is 6.09 Å². The number of carbonyl (C=O) groups excluding carboxylic acids is 1. The fourth-order valence-corrected chi connectivity index (χ4v) is 3.31. The van der Waals surface area contributed by atoms with Crippen molar-refractivity contribution in [1.82, 2.24) is 10.2 Å². The van der Waals surface area contributed by atoms with Gasteiger partial charge in [-0.3, -0.25) is 4.90 Å². The molecule has 1 heterocycles. The molecule has 0 saturated carbocycles. The Bertz CT molecular complexity index is 504. The number of alkyl carbamates (subject to hydrolysis) is 1. The lowest BCUT2D eigenvalue weighted by molar-refractivity contribution is 0.0750. The van der Waals surface area contributed by atoms with Crippen LogP contribution in [-0.4, -0.2) is 36.2 Å². The number of hydrogen-bond acceptors (Lipinski definition) is 3. The summed E-state index contributed by atoms with van der Waals surface area (Å²) in [4.78, 5) is 14.7. The van der Waals surface area contributed by atoms with Crippen LogP contribution in [-0.2, 0) is 11.3 Å². The van der Waals surface area contributed by atoms with Crippen LogP contribution in [0.15, 0.2) is 30.3 Å². The molecule has 3 atom stereocenters. The summed E-state index contributed by atoms with van der Waals surface area (Å²) in [7, 11) is 0. The molecule has 0 aliphatic carbocycles. The molecular formula is C20H32N2O2. The Hall–Kier alpha value is -1.55. The van der Waals surface area contributed by atoms with Crippen LogP contribution in [0, 0.1) is 11.8 Å². The van der Waals surface area contributed by atoms with Crippen molar-refractivity contribution in [2.45, 2.75) is 59.2 Å². The fraction of sp³-hybridized carbons (Fsp3) is 0.650. The lowest BCUT2D eigenvalue weighted by atomic mass is 9.85. The summed E-state index contributed by atoms with van der Waals surface area (Å²) in [5, 5.41) is 3.08. The second-order valence-electron chi connectivity index (χ2n) is 7.35. The maximum atomic E-state index is 12.2. The molecule has 0 bridgehead atoms. The number of carbonyl (C=O) groups is 1. The fourth-order valence-electron chi connectivity index (χ4n) is 3.31. The zero-order valence-corrected chi connectivity index (χ0v) is 15.5. The van der Waals surface area contributed by atoms with E-state index in [1.54, 1.807) is 0 Å². The highest BCUT2D eigenvalue weighted by atomic mass is 16.5. The van der Waals surface area contributed by atoms with Crippen molar-refractivity contribution in [3.8, 4) is 0 Å². The van der Waals surface area contributed by atoms with Gasteiger partial charge in [0.1, 0.15) is 6.61 Å². The molecule has 1 N–H and O–H groups in total. The van der Waals surface area contributed by atoms with Crippen molar-refractivity contribution in [2.75, 3.05) is 13.1 Å². The van der Waals surface area contributed by atoms with E-state index < -0.39 is 0 Å². The molecule has 1 saturated heterocycles. The molecule has 1 aromatic rings. The zero-order chi connectivity index (χ0) is 17.5. The molecule has 4 heteroatoms. The van der Waals surface area contributed by atoms with E-state index >= 15 is 0 Å². The van der Waals surface area contributed by atoms with Gasteiger partial charge in [0.15, 0.2) is 0 Å². The molecule has 0 spiro atoms. The van der Waals surface area contributed by atoms with Crippen molar-refractivity contribution in [1.29, 1.82) is 0 Å². The molecule has 2 rings (SSSR count). The van der Waals surface area contributed by atoms with E-state index in [2.05, 4.69) is 37.9 Å². The van der Waals surface area contributed by atoms with Gasteiger partial charge in [-0.25, -0.2) is 4.79 Å². The largest absolute Gasteiger partial charge is 0.445 e. The van der Waals surface area contributed by atoms with Gasteiger partial charge in [0, 0.05) is 25.2 Å². The second kappa shape index (κ2) is 9.07. The summed E-state index contributed by atoms with van der Waals surface area (Å²) in [6.45, 7) is 11.4. The molecule has 1 fully saturated rings. The van der Waals surface area contributed by atoms with Gasteiger partial charge in [0.05, 0.1) is 0 Å². The quantitative estimate of drug-likeness (QED) is 0.854. The molecule has 4 nitrogen and oxygen atoms in total. The van der Waals surface area contributed by atoms with Gasteiger partial charge in [-0.1, -0.05) is 51.1 Å². The molecule has 3 unspecified atom stereocenters. The van der Waals surface area contributed by atoms with Crippen molar-refractivity contribution >= 4 is 6.09 Å². The summed E-state index contributed by atoms with van der Waals surface area (Å²) < 4.78 is 5.38. The maximum absolute atomic E-state index is 12.2. The van der Waals surface area contributed by atoms with E-state index in [1.807, 2.05) is 30.3 Å². The van der Waals surface area contributed by atoms with Crippen molar-refractivity contribution in [2.24, 2.45) is 11.8 Å². The summed E-state index contributed by atoms with van der Waals surface area (Å²) in [5.74, 6) is 1.24. The minimum atomic E-state index is -0.308. The van der Waals surface area contributed by atoms with Crippen LogP contribution >= 0.6 is 0 Å². The minimum absolute atomic E-state index is 0.170. The Balaban J connectivity index is 1.87. The van der Waals surface area contributed by atoms with Crippen molar-refractivity contribution < 1.29 is 9.53 Å². The number of hydrogen-bond donors (Lipinski definition) is 1. The number of rotatable bonds is 6. The summed E-state index contributed by atoms with van der Waals surface area (Å²) in [6.07, 6.45) is 1.86. The highest BCUT2D eigenvalue weighted by molar-refractivity contribution is 5.67. The van der Waals surface area contributed by atoms with E-state index in [0.717, 1.165) is 31.5 Å². The van der Waals surface area contributed by atoms with Gasteiger partial charge in [0.25, 0.3) is 0 Å². The molecule has 0 aromatic heterocycles. The first-order chi connectivity index (χ1) is 11.5. The number of ether oxygens (including phenoxy) is 1. The smallest absolute Gasteiger partial charge is 0.407 e. The van der Waals surface area contributed by atoms with Gasteiger partial charge in [0.2, 0.25) is 0 Å². The molecule has 0 radical (unpaired) electrons. The molecule has 134 valence electrons. The van der Waals surface area contributed by atoms with E-state index in [9.17, 15) is 4.79 Å². The number of benzene rings is 1. The van der Waals surface area contributed by atoms with Crippen LogP contribution in [0.25, 0.3) is 0 Å². The van der Waals surface area contributed by atoms with Gasteiger partial charge in [-0.15, -0.1) is 0 Å². The van der Waals surface area contributed by atoms with Crippen molar-refractivity contribution in [3.05, 3.63) is 35.9 Å². The highest BCUT2D eigenvalue weighted by Gasteiger charge is 2.31. The topological polar surface area (TPSA) is 41.6 Å². The Kier molecular flexibility index (Phi) is 7.10. The van der Waals surface area contributed by atoms with Crippen LogP contribution in [0.5, 0.6) is 0 Å². The average molecular weight is 332 g/mol. The lowest BCUT2D eigenvalue weighted by Gasteiger charge is -2.42. The number of nitrogens with one attached hydrogen (secondary N) is 1. The Morgan fingerprint density at radius 2 is 1.96 bits per heavy atom. The third-order valence-corrected chi connectivity index (χ3v) is 5.20. The van der Waals surface area contributed by atoms with Crippen LogP contribution < -0.4 is 5.32 Å². The van der Waals surface area contributed by atoms with E-state index in [1.165, 1.54) is 0 Å². The highest BCUT2D eigenvalue weighted by Crippen LogP contribution is 2.26. The molecule has 1 amide bonds. The first kappa shape index (κ1) is 18.8. The van der Waals surface area contributed by atoms with Crippen LogP contribution in [0.4, 0.5) is 4.79 Å². The second-order valence-corrected chi connectivity index (χ2v) is 7.35. The third kappa shape index (κ3) is 5.52. The zero-order valence-electron chi connectivity index (χ0n) is 15.5. The Labute approximate surface area is 146 Å². The number of piperidine rings is 1. The molecule has 1 aliphatic heterocycles. The minimum Gasteiger partial charge on any atom is -0.445 e. The Morgan fingerprint density at radius 1 is 1.25 bits per heavy atom. The standard InChI is InChI=1S/C20H32N2O2/c1-5-16(4)22-12-18(15(2)3)11-19(13-22)21-20(23)24-14-17-9-7-6-8-10-17/h6-10,15-16,18-19H,5,11-14H2,1-4H3,(H,21,23). The summed E-state index contributed by atoms with van der Waals surface area (Å²) in [6, 6.07) is 10.5. The first-order valence-electron chi connectivity index (χ1n) is 9.20. The average Bonchev–Trinajstić information content (AvgIpc) is 2.59. The predicted octanol–water partition coefficient (Wildman–Crippen LogP) is 4.06. The van der Waals surface area contributed by atoms with E-state index in [4.69, 9.17) is 4.74 Å². The van der Waals surface area contributed by atoms with E-state index in [-0.39, 0.29) is 12.1 Å². The monoisotopic (exact) mass is 332 g/mol. The van der Waals surface area contributed by atoms with Crippen molar-refractivity contribution in [3.63, 3.8) is 0 Å². The Morgan fingerprint density at radius 3 is 2.58 bits per heavy atom. The van der Waals surface area contributed by atoms with Crippen LogP contribution in [0.3, 0.4) is 0 Å². The first-order valence-corrected chi connectivity index (χ1v) is 9.20. The summed E-state index contributed by atoms with van der Waals surface area (Å²) >= 11 is 0. The molecule has 1 aromatic carbocycles. The number of nitrogens with zero attached hydrogens (tertiary/aromatic N) is 1. The molecule has 24 heavy (non-hydrogen) atoms. The number of amides is 1. The van der Waals surface area contributed by atoms with Crippen LogP contribution in [0.2, 0.25) is 0 Å². The molecule has 1 aliphatic rings.